The summed E-state index contributed by atoms with van der Waals surface area (Å²) >= 11 is 1.93. The molecule has 0 saturated heterocycles. The van der Waals surface area contributed by atoms with Gasteiger partial charge in [0, 0.05) is 65.3 Å². The van der Waals surface area contributed by atoms with Crippen molar-refractivity contribution in [1.82, 2.24) is 4.57 Å². The molecule has 0 unspecified atom stereocenters. The number of aromatic nitrogens is 1. The highest BCUT2D eigenvalue weighted by Crippen LogP contribution is 2.51. The van der Waals surface area contributed by atoms with Crippen LogP contribution in [0.3, 0.4) is 0 Å². The number of rotatable bonds is 4. The highest BCUT2D eigenvalue weighted by atomic mass is 32.1. The maximum absolute atomic E-state index is 2.63. The molecule has 10 aromatic rings. The van der Waals surface area contributed by atoms with Crippen molar-refractivity contribution < 1.29 is 0 Å². The third kappa shape index (κ3) is 6.53. The van der Waals surface area contributed by atoms with E-state index in [1.807, 2.05) is 11.3 Å². The van der Waals surface area contributed by atoms with Crippen molar-refractivity contribution in [2.24, 2.45) is 0 Å². The van der Waals surface area contributed by atoms with Crippen LogP contribution < -0.4 is 26.3 Å². The van der Waals surface area contributed by atoms with Gasteiger partial charge in [-0.25, -0.2) is 0 Å². The third-order valence-corrected chi connectivity index (χ3v) is 15.7. The van der Waals surface area contributed by atoms with Crippen LogP contribution in [-0.2, 0) is 16.2 Å². The predicted octanol–water partition coefficient (Wildman–Crippen LogP) is 15.6. The lowest BCUT2D eigenvalue weighted by atomic mass is 9.34. The van der Waals surface area contributed by atoms with E-state index in [0.29, 0.717) is 0 Å². The topological polar surface area (TPSA) is 11.4 Å². The van der Waals surface area contributed by atoms with Gasteiger partial charge in [0.15, 0.2) is 0 Å². The van der Waals surface area contributed by atoms with Crippen LogP contribution in [0.25, 0.3) is 47.9 Å². The monoisotopic (exact) mass is 885 g/mol. The van der Waals surface area contributed by atoms with Crippen molar-refractivity contribution >= 4 is 99.8 Å². The Morgan fingerprint density at radius 2 is 0.985 bits per heavy atom. The molecule has 0 fully saturated rings. The fraction of sp³-hybridized carbons (Fsp3) is 0.194. The summed E-state index contributed by atoms with van der Waals surface area (Å²) in [7, 11) is 0. The molecule has 5 heteroatoms. The fourth-order valence-corrected chi connectivity index (χ4v) is 12.2. The first-order valence-corrected chi connectivity index (χ1v) is 24.7. The number of anilines is 6. The average molecular weight is 886 g/mol. The van der Waals surface area contributed by atoms with E-state index in [-0.39, 0.29) is 23.0 Å². The zero-order valence-corrected chi connectivity index (χ0v) is 40.9. The SMILES string of the molecule is CC(C)(C)c1ccc(N2c3ccc(-c4ccccc4)cc3B3c4c2cccc4N(c2ccc(C(C)(C)C)cc2)c2c3n(-c3ccc(C(C)(C)C)cc3)c3ccc4c5ccccc5sc4c23)cc1. The molecule has 4 heterocycles. The summed E-state index contributed by atoms with van der Waals surface area (Å²) in [6, 6.07) is 67.1. The molecule has 0 saturated carbocycles. The summed E-state index contributed by atoms with van der Waals surface area (Å²) in [5, 5.41) is 3.91. The summed E-state index contributed by atoms with van der Waals surface area (Å²) in [4.78, 5) is 5.16. The predicted molar refractivity (Wildman–Crippen MR) is 292 cm³/mol. The Kier molecular flexibility index (Phi) is 9.22. The molecule has 3 nitrogen and oxygen atoms in total. The maximum atomic E-state index is 2.63. The molecule has 0 radical (unpaired) electrons. The largest absolute Gasteiger partial charge is 0.319 e. The van der Waals surface area contributed by atoms with Crippen molar-refractivity contribution in [2.75, 3.05) is 9.80 Å². The van der Waals surface area contributed by atoms with Crippen LogP contribution in [0.2, 0.25) is 0 Å². The normalized spacial score (nSPS) is 13.7. The lowest BCUT2D eigenvalue weighted by molar-refractivity contribution is 0.590. The Morgan fingerprint density at radius 3 is 1.60 bits per heavy atom. The van der Waals surface area contributed by atoms with Gasteiger partial charge in [-0.1, -0.05) is 172 Å². The van der Waals surface area contributed by atoms with Gasteiger partial charge in [-0.3, -0.25) is 0 Å². The van der Waals surface area contributed by atoms with Crippen molar-refractivity contribution in [3.8, 4) is 16.8 Å². The molecule has 8 aromatic carbocycles. The van der Waals surface area contributed by atoms with E-state index >= 15 is 0 Å². The standard InChI is InChI=1S/C62H56BN3S/c1-60(2,3)41-23-29-44(30-24-41)64-50-36-22-40(39-16-11-10-12-17-39)38-49(50)63-56-52(64)19-15-20-53(56)65(45-31-25-42(26-32-45)61(4,5)6)57-55-51(37-35-48-47-18-13-14-21-54(47)67-58(48)55)66(59(57)63)46-33-27-43(28-34-46)62(7,8)9/h10-38H,1-9H3. The molecular weight excluding hydrogens is 830 g/mol. The lowest BCUT2D eigenvalue weighted by Crippen LogP contribution is -2.62. The van der Waals surface area contributed by atoms with Crippen LogP contribution in [-0.4, -0.2) is 11.3 Å². The number of benzene rings is 8. The van der Waals surface area contributed by atoms with Gasteiger partial charge in [0.25, 0.3) is 6.71 Å². The minimum absolute atomic E-state index is 0.0181. The molecule has 2 aliphatic rings. The Bertz CT molecular complexity index is 3560. The van der Waals surface area contributed by atoms with Gasteiger partial charge >= 0.3 is 0 Å². The first-order valence-electron chi connectivity index (χ1n) is 23.9. The summed E-state index contributed by atoms with van der Waals surface area (Å²) in [5.41, 5.74) is 20.0. The van der Waals surface area contributed by atoms with E-state index in [2.05, 4.69) is 253 Å². The van der Waals surface area contributed by atoms with Crippen LogP contribution in [0, 0.1) is 0 Å². The van der Waals surface area contributed by atoms with Crippen molar-refractivity contribution in [3.63, 3.8) is 0 Å². The van der Waals surface area contributed by atoms with E-state index in [9.17, 15) is 0 Å². The molecule has 0 aliphatic carbocycles. The van der Waals surface area contributed by atoms with Crippen LogP contribution in [0.1, 0.15) is 79.0 Å². The Morgan fingerprint density at radius 1 is 0.433 bits per heavy atom. The molecule has 0 atom stereocenters. The van der Waals surface area contributed by atoms with Gasteiger partial charge in [-0.2, -0.15) is 0 Å². The number of hydrogen-bond acceptors (Lipinski definition) is 3. The first-order chi connectivity index (χ1) is 32.1. The summed E-state index contributed by atoms with van der Waals surface area (Å²) < 4.78 is 5.27. The average Bonchev–Trinajstić information content (AvgIpc) is 3.87. The highest BCUT2D eigenvalue weighted by Gasteiger charge is 2.47. The molecule has 0 N–H and O–H groups in total. The van der Waals surface area contributed by atoms with Gasteiger partial charge in [0.1, 0.15) is 0 Å². The molecule has 2 aromatic heterocycles. The smallest absolute Gasteiger partial charge is 0.273 e. The van der Waals surface area contributed by atoms with Crippen molar-refractivity contribution in [2.45, 2.75) is 78.6 Å². The lowest BCUT2D eigenvalue weighted by Gasteiger charge is -2.43. The van der Waals surface area contributed by atoms with E-state index in [0.717, 1.165) is 11.4 Å². The molecule has 0 amide bonds. The Hall–Kier alpha value is -6.82. The zero-order chi connectivity index (χ0) is 46.1. The molecule has 67 heavy (non-hydrogen) atoms. The number of nitrogens with zero attached hydrogens (tertiary/aromatic N) is 3. The highest BCUT2D eigenvalue weighted by molar-refractivity contribution is 7.26. The molecule has 0 spiro atoms. The summed E-state index contributed by atoms with van der Waals surface area (Å²) in [5.74, 6) is 0. The number of thiophene rings is 1. The van der Waals surface area contributed by atoms with Gasteiger partial charge in [0.2, 0.25) is 0 Å². The zero-order valence-electron chi connectivity index (χ0n) is 40.1. The third-order valence-electron chi connectivity index (χ3n) is 14.5. The molecule has 328 valence electrons. The van der Waals surface area contributed by atoms with E-state index < -0.39 is 0 Å². The van der Waals surface area contributed by atoms with Crippen LogP contribution >= 0.6 is 11.3 Å². The van der Waals surface area contributed by atoms with E-state index in [4.69, 9.17) is 0 Å². The molecule has 2 aliphatic heterocycles. The van der Waals surface area contributed by atoms with Gasteiger partial charge < -0.3 is 14.4 Å². The quantitative estimate of drug-likeness (QED) is 0.163. The fourth-order valence-electron chi connectivity index (χ4n) is 10.9. The van der Waals surface area contributed by atoms with Crippen LogP contribution in [0.15, 0.2) is 176 Å². The molecule has 0 bridgehead atoms. The minimum Gasteiger partial charge on any atom is -0.319 e. The first kappa shape index (κ1) is 41.6. The second-order valence-electron chi connectivity index (χ2n) is 21.8. The Labute approximate surface area is 400 Å². The van der Waals surface area contributed by atoms with E-state index in [1.54, 1.807) is 0 Å². The van der Waals surface area contributed by atoms with Gasteiger partial charge in [0.05, 0.1) is 11.2 Å². The number of fused-ring (bicyclic) bond motifs is 10. The maximum Gasteiger partial charge on any atom is 0.273 e. The summed E-state index contributed by atoms with van der Waals surface area (Å²) in [6.07, 6.45) is 0. The van der Waals surface area contributed by atoms with Gasteiger partial charge in [-0.05, 0) is 122 Å². The molecule has 12 rings (SSSR count). The van der Waals surface area contributed by atoms with Gasteiger partial charge in [-0.15, -0.1) is 11.3 Å². The minimum atomic E-state index is -0.103. The second-order valence-corrected chi connectivity index (χ2v) is 22.9. The van der Waals surface area contributed by atoms with Crippen molar-refractivity contribution in [3.05, 3.63) is 193 Å². The molecular formula is C62H56BN3S. The number of hydrogen-bond donors (Lipinski definition) is 0. The second kappa shape index (κ2) is 14.8. The van der Waals surface area contributed by atoms with E-state index in [1.165, 1.54) is 104 Å². The summed E-state index contributed by atoms with van der Waals surface area (Å²) in [6.45, 7) is 20.6. The van der Waals surface area contributed by atoms with Crippen molar-refractivity contribution in [1.29, 1.82) is 0 Å². The van der Waals surface area contributed by atoms with Crippen LogP contribution in [0.5, 0.6) is 0 Å². The van der Waals surface area contributed by atoms with Crippen LogP contribution in [0.4, 0.5) is 34.1 Å². The Balaban J connectivity index is 1.24.